The number of esters is 2. The lowest BCUT2D eigenvalue weighted by Gasteiger charge is -2.39. The second-order valence-corrected chi connectivity index (χ2v) is 7.66. The first kappa shape index (κ1) is 19.9. The number of sulfonamides is 1. The van der Waals surface area contributed by atoms with E-state index in [2.05, 4.69) is 0 Å². The van der Waals surface area contributed by atoms with Gasteiger partial charge in [0.1, 0.15) is 0 Å². The molecule has 1 aliphatic rings. The summed E-state index contributed by atoms with van der Waals surface area (Å²) < 4.78 is 33.2. The molecule has 3 unspecified atom stereocenters. The van der Waals surface area contributed by atoms with E-state index in [4.69, 9.17) is 15.3 Å². The monoisotopic (exact) mass is 350 g/mol. The van der Waals surface area contributed by atoms with Crippen LogP contribution in [0, 0.1) is 5.92 Å². The average Bonchev–Trinajstić information content (AvgIpc) is 2.54. The number of ether oxygens (including phenoxy) is 2. The number of hydrogen-bond donors (Lipinski definition) is 2. The van der Waals surface area contributed by atoms with Crippen LogP contribution in [0.25, 0.3) is 0 Å². The van der Waals surface area contributed by atoms with Gasteiger partial charge in [0.15, 0.2) is 4.75 Å². The number of hydrazine groups is 1. The second kappa shape index (κ2) is 8.07. The molecule has 0 aromatic rings. The minimum absolute atomic E-state index is 0.00774. The Morgan fingerprint density at radius 1 is 1.35 bits per heavy atom. The van der Waals surface area contributed by atoms with Crippen LogP contribution in [-0.4, -0.2) is 37.8 Å². The van der Waals surface area contributed by atoms with Gasteiger partial charge in [0.05, 0.1) is 18.6 Å². The van der Waals surface area contributed by atoms with Crippen LogP contribution in [0.15, 0.2) is 0 Å². The van der Waals surface area contributed by atoms with Gasteiger partial charge in [-0.05, 0) is 33.1 Å². The van der Waals surface area contributed by atoms with Crippen molar-refractivity contribution in [1.82, 2.24) is 4.83 Å². The molecule has 0 saturated heterocycles. The summed E-state index contributed by atoms with van der Waals surface area (Å²) in [5.74, 6) is 2.36. The Labute approximate surface area is 137 Å². The van der Waals surface area contributed by atoms with Crippen molar-refractivity contribution in [2.75, 3.05) is 6.61 Å². The molecule has 0 radical (unpaired) electrons. The highest BCUT2D eigenvalue weighted by Gasteiger charge is 2.61. The minimum atomic E-state index is -4.29. The van der Waals surface area contributed by atoms with E-state index in [1.54, 1.807) is 18.7 Å². The van der Waals surface area contributed by atoms with Gasteiger partial charge in [-0.15, -0.1) is 0 Å². The second-order valence-electron chi connectivity index (χ2n) is 5.69. The lowest BCUT2D eigenvalue weighted by molar-refractivity contribution is -0.163. The molecule has 1 fully saturated rings. The minimum Gasteiger partial charge on any atom is -0.465 e. The molecule has 8 nitrogen and oxygen atoms in total. The standard InChI is InChI=1S/C14H26N2O6S/c1-4-10(3)22-12(17)11-8-6-7-9-14(11,13(18)21-5-2)23(19,20)16-15/h10-11,16H,4-9,15H2,1-3H3. The van der Waals surface area contributed by atoms with Crippen LogP contribution in [0.3, 0.4) is 0 Å². The summed E-state index contributed by atoms with van der Waals surface area (Å²) in [7, 11) is -4.29. The Hall–Kier alpha value is -1.19. The zero-order chi connectivity index (χ0) is 17.7. The van der Waals surface area contributed by atoms with Crippen molar-refractivity contribution in [2.24, 2.45) is 11.8 Å². The molecule has 23 heavy (non-hydrogen) atoms. The van der Waals surface area contributed by atoms with Gasteiger partial charge in [0.2, 0.25) is 10.0 Å². The van der Waals surface area contributed by atoms with E-state index < -0.39 is 32.6 Å². The first-order chi connectivity index (χ1) is 10.8. The average molecular weight is 350 g/mol. The Bertz CT molecular complexity index is 535. The number of nitrogens with one attached hydrogen (secondary N) is 1. The summed E-state index contributed by atoms with van der Waals surface area (Å²) in [6.45, 7) is 5.13. The highest BCUT2D eigenvalue weighted by molar-refractivity contribution is 7.91. The van der Waals surface area contributed by atoms with Crippen molar-refractivity contribution >= 4 is 22.0 Å². The van der Waals surface area contributed by atoms with Crippen LogP contribution in [0.1, 0.15) is 52.9 Å². The van der Waals surface area contributed by atoms with Crippen LogP contribution < -0.4 is 10.7 Å². The smallest absolute Gasteiger partial charge is 0.329 e. The molecule has 0 aliphatic heterocycles. The third-order valence-corrected chi connectivity index (χ3v) is 6.21. The maximum atomic E-state index is 12.5. The third kappa shape index (κ3) is 3.84. The summed E-state index contributed by atoms with van der Waals surface area (Å²) in [5, 5.41) is 0. The number of carbonyl (C=O) groups is 2. The van der Waals surface area contributed by atoms with Crippen molar-refractivity contribution in [3.63, 3.8) is 0 Å². The van der Waals surface area contributed by atoms with E-state index in [1.165, 1.54) is 0 Å². The Kier molecular flexibility index (Phi) is 6.97. The highest BCUT2D eigenvalue weighted by Crippen LogP contribution is 2.41. The summed E-state index contributed by atoms with van der Waals surface area (Å²) in [5.41, 5.74) is 0. The van der Waals surface area contributed by atoms with E-state index in [-0.39, 0.29) is 25.6 Å². The van der Waals surface area contributed by atoms with Crippen LogP contribution in [0.5, 0.6) is 0 Å². The van der Waals surface area contributed by atoms with Gasteiger partial charge >= 0.3 is 11.9 Å². The molecular weight excluding hydrogens is 324 g/mol. The number of nitrogens with two attached hydrogens (primary N) is 1. The SMILES string of the molecule is CCOC(=O)C1(S(=O)(=O)NN)CCCCC1C(=O)OC(C)CC. The van der Waals surface area contributed by atoms with E-state index in [1.807, 2.05) is 6.92 Å². The summed E-state index contributed by atoms with van der Waals surface area (Å²) in [4.78, 5) is 26.7. The first-order valence-electron chi connectivity index (χ1n) is 7.86. The molecule has 1 aliphatic carbocycles. The summed E-state index contributed by atoms with van der Waals surface area (Å²) in [6, 6.07) is 0. The predicted molar refractivity (Wildman–Crippen MR) is 83.4 cm³/mol. The fraction of sp³-hybridized carbons (Fsp3) is 0.857. The quantitative estimate of drug-likeness (QED) is 0.391. The normalized spacial score (nSPS) is 26.3. The Balaban J connectivity index is 3.32. The van der Waals surface area contributed by atoms with Gasteiger partial charge in [0, 0.05) is 0 Å². The van der Waals surface area contributed by atoms with Gasteiger partial charge < -0.3 is 9.47 Å². The molecule has 3 N–H and O–H groups in total. The lowest BCUT2D eigenvalue weighted by atomic mass is 9.78. The van der Waals surface area contributed by atoms with Crippen molar-refractivity contribution in [1.29, 1.82) is 0 Å². The van der Waals surface area contributed by atoms with Crippen LogP contribution in [0.2, 0.25) is 0 Å². The van der Waals surface area contributed by atoms with Gasteiger partial charge in [-0.25, -0.2) is 8.42 Å². The van der Waals surface area contributed by atoms with Crippen molar-refractivity contribution in [3.05, 3.63) is 0 Å². The molecule has 0 heterocycles. The van der Waals surface area contributed by atoms with E-state index in [0.29, 0.717) is 19.3 Å². The first-order valence-corrected chi connectivity index (χ1v) is 9.34. The summed E-state index contributed by atoms with van der Waals surface area (Å²) in [6.07, 6.45) is 1.53. The molecule has 1 rings (SSSR count). The highest BCUT2D eigenvalue weighted by atomic mass is 32.2. The van der Waals surface area contributed by atoms with Gasteiger partial charge in [-0.1, -0.05) is 19.8 Å². The Morgan fingerprint density at radius 3 is 2.52 bits per heavy atom. The number of hydrogen-bond acceptors (Lipinski definition) is 7. The van der Waals surface area contributed by atoms with E-state index >= 15 is 0 Å². The molecule has 9 heteroatoms. The van der Waals surface area contributed by atoms with Crippen molar-refractivity contribution < 1.29 is 27.5 Å². The lowest BCUT2D eigenvalue weighted by Crippen LogP contribution is -2.62. The maximum absolute atomic E-state index is 12.5. The molecule has 0 amide bonds. The zero-order valence-corrected chi connectivity index (χ0v) is 14.6. The maximum Gasteiger partial charge on any atom is 0.329 e. The molecular formula is C14H26N2O6S. The molecule has 1 saturated carbocycles. The molecule has 3 atom stereocenters. The largest absolute Gasteiger partial charge is 0.465 e. The van der Waals surface area contributed by atoms with Crippen LogP contribution in [0.4, 0.5) is 0 Å². The van der Waals surface area contributed by atoms with E-state index in [0.717, 1.165) is 0 Å². The molecule has 0 aromatic carbocycles. The molecule has 0 aromatic heterocycles. The van der Waals surface area contributed by atoms with Crippen LogP contribution in [-0.2, 0) is 29.1 Å². The number of rotatable bonds is 7. The third-order valence-electron chi connectivity index (χ3n) is 4.29. The number of carbonyl (C=O) groups excluding carboxylic acids is 2. The topological polar surface area (TPSA) is 125 Å². The van der Waals surface area contributed by atoms with Crippen molar-refractivity contribution in [2.45, 2.75) is 63.7 Å². The van der Waals surface area contributed by atoms with Gasteiger partial charge in [-0.3, -0.25) is 15.4 Å². The summed E-state index contributed by atoms with van der Waals surface area (Å²) >= 11 is 0. The molecule has 134 valence electrons. The Morgan fingerprint density at radius 2 is 2.00 bits per heavy atom. The van der Waals surface area contributed by atoms with E-state index in [9.17, 15) is 18.0 Å². The van der Waals surface area contributed by atoms with Gasteiger partial charge in [0.25, 0.3) is 0 Å². The molecule has 0 spiro atoms. The van der Waals surface area contributed by atoms with Crippen LogP contribution >= 0.6 is 0 Å². The van der Waals surface area contributed by atoms with Crippen molar-refractivity contribution in [3.8, 4) is 0 Å². The fourth-order valence-electron chi connectivity index (χ4n) is 2.85. The fourth-order valence-corrected chi connectivity index (χ4v) is 4.34. The zero-order valence-electron chi connectivity index (χ0n) is 13.8. The van der Waals surface area contributed by atoms with Gasteiger partial charge in [-0.2, -0.15) is 4.83 Å². The predicted octanol–water partition coefficient (Wildman–Crippen LogP) is 0.613. The molecule has 0 bridgehead atoms.